The molecule has 3 nitrogen and oxygen atoms in total. The zero-order chi connectivity index (χ0) is 11.5. The van der Waals surface area contributed by atoms with Crippen molar-refractivity contribution >= 4 is 22.2 Å². The molecule has 4 heteroatoms. The number of nitrogens with one attached hydrogen (secondary N) is 1. The van der Waals surface area contributed by atoms with Crippen LogP contribution in [-0.2, 0) is 6.42 Å². The molecule has 0 saturated heterocycles. The Morgan fingerprint density at radius 3 is 3.12 bits per heavy atom. The molecule has 1 aliphatic rings. The van der Waals surface area contributed by atoms with E-state index in [4.69, 9.17) is 0 Å². The second-order valence-corrected chi connectivity index (χ2v) is 5.25. The Morgan fingerprint density at radius 2 is 2.44 bits per heavy atom. The first-order valence-electron chi connectivity index (χ1n) is 5.84. The fourth-order valence-electron chi connectivity index (χ4n) is 1.97. The van der Waals surface area contributed by atoms with Crippen LogP contribution in [0.1, 0.15) is 35.0 Å². The second kappa shape index (κ2) is 4.87. The molecule has 1 aliphatic heterocycles. The molecule has 0 radical (unpaired) electrons. The van der Waals surface area contributed by atoms with E-state index in [1.807, 2.05) is 0 Å². The van der Waals surface area contributed by atoms with Crippen molar-refractivity contribution in [3.8, 4) is 0 Å². The van der Waals surface area contributed by atoms with Gasteiger partial charge in [0.2, 0.25) is 0 Å². The molecule has 0 bridgehead atoms. The van der Waals surface area contributed by atoms with Crippen LogP contribution >= 0.6 is 11.3 Å². The lowest BCUT2D eigenvalue weighted by atomic mass is 10.1. The highest BCUT2D eigenvalue weighted by molar-refractivity contribution is 7.18. The minimum absolute atomic E-state index is 0.0784. The summed E-state index contributed by atoms with van der Waals surface area (Å²) >= 11 is 1.62. The van der Waals surface area contributed by atoms with Gasteiger partial charge in [-0.25, -0.2) is 0 Å². The van der Waals surface area contributed by atoms with Crippen molar-refractivity contribution < 1.29 is 4.79 Å². The molecule has 0 atom stereocenters. The molecule has 1 aromatic rings. The third-order valence-electron chi connectivity index (χ3n) is 2.83. The fourth-order valence-corrected chi connectivity index (χ4v) is 3.08. The summed E-state index contributed by atoms with van der Waals surface area (Å²) in [6, 6.07) is 2.06. The first kappa shape index (κ1) is 11.5. The van der Waals surface area contributed by atoms with Crippen molar-refractivity contribution in [3.63, 3.8) is 0 Å². The highest BCUT2D eigenvalue weighted by atomic mass is 32.1. The molecular formula is C12H18N2OS. The standard InChI is InChI=1S/C12H18N2OS/c1-3-6-13-11(15)10-8-9-5-4-7-14(2)12(9)16-10/h8H,3-7H2,1-2H3,(H,13,15). The highest BCUT2D eigenvalue weighted by Gasteiger charge is 2.19. The van der Waals surface area contributed by atoms with Gasteiger partial charge in [0.1, 0.15) is 0 Å². The van der Waals surface area contributed by atoms with E-state index in [0.717, 1.165) is 30.8 Å². The number of thiophene rings is 1. The molecule has 16 heavy (non-hydrogen) atoms. The van der Waals surface area contributed by atoms with E-state index in [1.165, 1.54) is 17.0 Å². The Labute approximate surface area is 100 Å². The fraction of sp³-hybridized carbons (Fsp3) is 0.583. The van der Waals surface area contributed by atoms with Crippen LogP contribution in [0.15, 0.2) is 6.07 Å². The van der Waals surface area contributed by atoms with Crippen LogP contribution in [0.4, 0.5) is 5.00 Å². The van der Waals surface area contributed by atoms with Gasteiger partial charge in [0.25, 0.3) is 5.91 Å². The summed E-state index contributed by atoms with van der Waals surface area (Å²) in [5.74, 6) is 0.0784. The van der Waals surface area contributed by atoms with Gasteiger partial charge in [0, 0.05) is 20.1 Å². The molecule has 0 unspecified atom stereocenters. The van der Waals surface area contributed by atoms with Crippen LogP contribution in [0.2, 0.25) is 0 Å². The maximum Gasteiger partial charge on any atom is 0.261 e. The van der Waals surface area contributed by atoms with Crippen LogP contribution in [0, 0.1) is 0 Å². The third kappa shape index (κ3) is 2.21. The van der Waals surface area contributed by atoms with E-state index in [-0.39, 0.29) is 5.91 Å². The summed E-state index contributed by atoms with van der Waals surface area (Å²) < 4.78 is 0. The first-order valence-corrected chi connectivity index (χ1v) is 6.66. The minimum Gasteiger partial charge on any atom is -0.366 e. The van der Waals surface area contributed by atoms with E-state index >= 15 is 0 Å². The van der Waals surface area contributed by atoms with Gasteiger partial charge in [-0.05, 0) is 30.9 Å². The van der Waals surface area contributed by atoms with Gasteiger partial charge in [0.05, 0.1) is 9.88 Å². The van der Waals surface area contributed by atoms with Crippen LogP contribution in [0.25, 0.3) is 0 Å². The van der Waals surface area contributed by atoms with Crippen molar-refractivity contribution in [1.29, 1.82) is 0 Å². The van der Waals surface area contributed by atoms with Gasteiger partial charge < -0.3 is 10.2 Å². The van der Waals surface area contributed by atoms with E-state index < -0.39 is 0 Å². The van der Waals surface area contributed by atoms with Crippen molar-refractivity contribution in [2.75, 3.05) is 25.0 Å². The van der Waals surface area contributed by atoms with Crippen LogP contribution in [0.5, 0.6) is 0 Å². The molecule has 2 rings (SSSR count). The molecule has 2 heterocycles. The topological polar surface area (TPSA) is 32.3 Å². The zero-order valence-corrected chi connectivity index (χ0v) is 10.7. The summed E-state index contributed by atoms with van der Waals surface area (Å²) in [4.78, 5) is 14.9. The number of nitrogens with zero attached hydrogens (tertiary/aromatic N) is 1. The Kier molecular flexibility index (Phi) is 3.49. The summed E-state index contributed by atoms with van der Waals surface area (Å²) in [5.41, 5.74) is 1.33. The smallest absolute Gasteiger partial charge is 0.261 e. The molecular weight excluding hydrogens is 220 g/mol. The number of amides is 1. The maximum atomic E-state index is 11.8. The van der Waals surface area contributed by atoms with Gasteiger partial charge in [-0.1, -0.05) is 6.92 Å². The van der Waals surface area contributed by atoms with Gasteiger partial charge in [-0.3, -0.25) is 4.79 Å². The largest absolute Gasteiger partial charge is 0.366 e. The SMILES string of the molecule is CCCNC(=O)c1cc2c(s1)N(C)CCC2. The Morgan fingerprint density at radius 1 is 1.62 bits per heavy atom. The second-order valence-electron chi connectivity index (χ2n) is 4.22. The van der Waals surface area contributed by atoms with Gasteiger partial charge in [-0.15, -0.1) is 11.3 Å². The Bertz CT molecular complexity index is 386. The summed E-state index contributed by atoms with van der Waals surface area (Å²) in [6.07, 6.45) is 3.28. The summed E-state index contributed by atoms with van der Waals surface area (Å²) in [7, 11) is 2.10. The van der Waals surface area contributed by atoms with E-state index in [1.54, 1.807) is 11.3 Å². The predicted molar refractivity (Wildman–Crippen MR) is 68.5 cm³/mol. The molecule has 0 aromatic carbocycles. The number of carbonyl (C=O) groups is 1. The lowest BCUT2D eigenvalue weighted by Gasteiger charge is -2.23. The molecule has 1 aromatic heterocycles. The molecule has 0 aliphatic carbocycles. The average Bonchev–Trinajstić information content (AvgIpc) is 2.71. The number of aryl methyl sites for hydroxylation is 1. The molecule has 0 fully saturated rings. The Balaban J connectivity index is 2.14. The number of rotatable bonds is 3. The lowest BCUT2D eigenvalue weighted by Crippen LogP contribution is -2.23. The summed E-state index contributed by atoms with van der Waals surface area (Å²) in [5, 5.41) is 4.20. The monoisotopic (exact) mass is 238 g/mol. The third-order valence-corrected chi connectivity index (χ3v) is 4.12. The van der Waals surface area contributed by atoms with Gasteiger partial charge in [-0.2, -0.15) is 0 Å². The number of anilines is 1. The molecule has 88 valence electrons. The molecule has 1 amide bonds. The van der Waals surface area contributed by atoms with Gasteiger partial charge in [0.15, 0.2) is 0 Å². The number of carbonyl (C=O) groups excluding carboxylic acids is 1. The predicted octanol–water partition coefficient (Wildman–Crippen LogP) is 2.27. The average molecular weight is 238 g/mol. The van der Waals surface area contributed by atoms with Crippen molar-refractivity contribution in [1.82, 2.24) is 5.32 Å². The molecule has 0 spiro atoms. The molecule has 1 N–H and O–H groups in total. The van der Waals surface area contributed by atoms with Crippen LogP contribution in [0.3, 0.4) is 0 Å². The van der Waals surface area contributed by atoms with Crippen molar-refractivity contribution in [2.45, 2.75) is 26.2 Å². The summed E-state index contributed by atoms with van der Waals surface area (Å²) in [6.45, 7) is 3.92. The van der Waals surface area contributed by atoms with E-state index in [2.05, 4.69) is 30.3 Å². The maximum absolute atomic E-state index is 11.8. The highest BCUT2D eigenvalue weighted by Crippen LogP contribution is 2.34. The number of fused-ring (bicyclic) bond motifs is 1. The van der Waals surface area contributed by atoms with Gasteiger partial charge >= 0.3 is 0 Å². The first-order chi connectivity index (χ1) is 7.72. The number of hydrogen-bond acceptors (Lipinski definition) is 3. The minimum atomic E-state index is 0.0784. The van der Waals surface area contributed by atoms with Crippen LogP contribution < -0.4 is 10.2 Å². The lowest BCUT2D eigenvalue weighted by molar-refractivity contribution is 0.0957. The zero-order valence-electron chi connectivity index (χ0n) is 9.88. The molecule has 0 saturated carbocycles. The quantitative estimate of drug-likeness (QED) is 0.876. The Hall–Kier alpha value is -1.03. The van der Waals surface area contributed by atoms with E-state index in [9.17, 15) is 4.79 Å². The normalized spacial score (nSPS) is 14.8. The van der Waals surface area contributed by atoms with E-state index in [0.29, 0.717) is 0 Å². The van der Waals surface area contributed by atoms with Crippen LogP contribution in [-0.4, -0.2) is 26.0 Å². The van der Waals surface area contributed by atoms with Crippen molar-refractivity contribution in [3.05, 3.63) is 16.5 Å². The number of hydrogen-bond donors (Lipinski definition) is 1. The van der Waals surface area contributed by atoms with Crippen molar-refractivity contribution in [2.24, 2.45) is 0 Å².